The molecule has 0 fully saturated rings. The van der Waals surface area contributed by atoms with Crippen molar-refractivity contribution in [2.24, 2.45) is 5.92 Å². The molecule has 7 aromatic rings. The van der Waals surface area contributed by atoms with Crippen molar-refractivity contribution in [2.45, 2.75) is 19.3 Å². The molecular weight excluding hydrogens is 605 g/mol. The molecule has 0 spiro atoms. The van der Waals surface area contributed by atoms with Gasteiger partial charge in [0.15, 0.2) is 5.82 Å². The zero-order valence-corrected chi connectivity index (χ0v) is 28.4. The van der Waals surface area contributed by atoms with Gasteiger partial charge in [0, 0.05) is 22.3 Å². The summed E-state index contributed by atoms with van der Waals surface area (Å²) < 4.78 is 0. The Morgan fingerprint density at radius 3 is 1.54 bits per heavy atom. The zero-order valence-electron chi connectivity index (χ0n) is 28.4. The minimum Gasteiger partial charge on any atom is -0.228 e. The third-order valence-corrected chi connectivity index (χ3v) is 9.76. The fourth-order valence-electron chi connectivity index (χ4n) is 7.55. The standard InChI is InChI=1S/C48H38N2/c1-4-40(32-33(2)3)48(41-20-12-7-13-21-41)43-23-15-14-22-42(43)46-44(48)45(38-18-10-6-11-19-38)49-47(50-46)39-30-28-37(29-31-39)36-26-24-35(25-27-36)34-16-8-5-9-17-34/h4-33H,1H2,2-3H3/b40-32+. The second kappa shape index (κ2) is 13.1. The summed E-state index contributed by atoms with van der Waals surface area (Å²) in [5, 5.41) is 0. The summed E-state index contributed by atoms with van der Waals surface area (Å²) in [5.41, 5.74) is 13.8. The highest BCUT2D eigenvalue weighted by molar-refractivity contribution is 5.91. The van der Waals surface area contributed by atoms with Crippen molar-refractivity contribution >= 4 is 0 Å². The van der Waals surface area contributed by atoms with E-state index >= 15 is 0 Å². The minimum absolute atomic E-state index is 0.313. The molecular formula is C48H38N2. The van der Waals surface area contributed by atoms with Gasteiger partial charge in [-0.25, -0.2) is 9.97 Å². The molecule has 0 saturated heterocycles. The number of benzene rings is 6. The van der Waals surface area contributed by atoms with Gasteiger partial charge in [0.1, 0.15) is 0 Å². The van der Waals surface area contributed by atoms with E-state index in [1.165, 1.54) is 27.8 Å². The largest absolute Gasteiger partial charge is 0.228 e. The van der Waals surface area contributed by atoms with E-state index in [9.17, 15) is 0 Å². The Kier molecular flexibility index (Phi) is 8.14. The first kappa shape index (κ1) is 31.2. The van der Waals surface area contributed by atoms with Crippen LogP contribution in [0.15, 0.2) is 188 Å². The van der Waals surface area contributed by atoms with Crippen LogP contribution in [0.4, 0.5) is 0 Å². The van der Waals surface area contributed by atoms with Gasteiger partial charge in [-0.15, -0.1) is 0 Å². The molecule has 0 radical (unpaired) electrons. The number of hydrogen-bond donors (Lipinski definition) is 0. The Morgan fingerprint density at radius 2 is 0.980 bits per heavy atom. The lowest BCUT2D eigenvalue weighted by Gasteiger charge is -2.36. The lowest BCUT2D eigenvalue weighted by molar-refractivity contribution is 0.731. The SMILES string of the molecule is C=C/C(=C\C(C)C)C1(c2ccccc2)c2ccccc2-c2nc(-c3ccc(-c4ccc(-c5ccccc5)cc4)cc3)nc(-c3ccccc3)c21. The summed E-state index contributed by atoms with van der Waals surface area (Å²) in [7, 11) is 0. The molecule has 0 bridgehead atoms. The van der Waals surface area contributed by atoms with Crippen LogP contribution in [0, 0.1) is 5.92 Å². The summed E-state index contributed by atoms with van der Waals surface area (Å²) in [6.07, 6.45) is 4.38. The van der Waals surface area contributed by atoms with Crippen molar-refractivity contribution in [1.82, 2.24) is 9.97 Å². The molecule has 1 aliphatic rings. The van der Waals surface area contributed by atoms with Crippen LogP contribution in [0.3, 0.4) is 0 Å². The van der Waals surface area contributed by atoms with E-state index in [-0.39, 0.29) is 0 Å². The van der Waals surface area contributed by atoms with Gasteiger partial charge in [-0.1, -0.05) is 196 Å². The molecule has 6 aromatic carbocycles. The van der Waals surface area contributed by atoms with Gasteiger partial charge >= 0.3 is 0 Å². The first-order valence-electron chi connectivity index (χ1n) is 17.3. The Balaban J connectivity index is 1.32. The smallest absolute Gasteiger partial charge is 0.160 e. The molecule has 1 atom stereocenters. The average molecular weight is 643 g/mol. The van der Waals surface area contributed by atoms with Gasteiger partial charge in [-0.3, -0.25) is 0 Å². The second-order valence-electron chi connectivity index (χ2n) is 13.2. The molecule has 240 valence electrons. The Bertz CT molecular complexity index is 2320. The molecule has 0 N–H and O–H groups in total. The Morgan fingerprint density at radius 1 is 0.520 bits per heavy atom. The van der Waals surface area contributed by atoms with Gasteiger partial charge in [0.2, 0.25) is 0 Å². The topological polar surface area (TPSA) is 25.8 Å². The molecule has 0 saturated carbocycles. The van der Waals surface area contributed by atoms with Crippen LogP contribution < -0.4 is 0 Å². The van der Waals surface area contributed by atoms with Crippen LogP contribution >= 0.6 is 0 Å². The molecule has 0 amide bonds. The molecule has 1 unspecified atom stereocenters. The maximum atomic E-state index is 5.46. The summed E-state index contributed by atoms with van der Waals surface area (Å²) in [6.45, 7) is 8.84. The van der Waals surface area contributed by atoms with Crippen LogP contribution in [0.2, 0.25) is 0 Å². The maximum absolute atomic E-state index is 5.46. The normalized spacial score (nSPS) is 15.1. The third kappa shape index (κ3) is 5.30. The van der Waals surface area contributed by atoms with E-state index in [2.05, 4.69) is 184 Å². The quantitative estimate of drug-likeness (QED) is 0.154. The molecule has 8 rings (SSSR count). The molecule has 1 heterocycles. The van der Waals surface area contributed by atoms with Crippen molar-refractivity contribution < 1.29 is 0 Å². The highest BCUT2D eigenvalue weighted by atomic mass is 14.9. The van der Waals surface area contributed by atoms with Gasteiger partial charge in [-0.2, -0.15) is 0 Å². The van der Waals surface area contributed by atoms with E-state index in [1.54, 1.807) is 0 Å². The maximum Gasteiger partial charge on any atom is 0.160 e. The highest BCUT2D eigenvalue weighted by Crippen LogP contribution is 2.58. The van der Waals surface area contributed by atoms with Crippen molar-refractivity contribution in [3.05, 3.63) is 205 Å². The monoisotopic (exact) mass is 642 g/mol. The van der Waals surface area contributed by atoms with E-state index in [1.807, 2.05) is 12.1 Å². The van der Waals surface area contributed by atoms with Crippen molar-refractivity contribution in [1.29, 1.82) is 0 Å². The average Bonchev–Trinajstić information content (AvgIpc) is 3.48. The number of nitrogens with zero attached hydrogens (tertiary/aromatic N) is 2. The third-order valence-electron chi connectivity index (χ3n) is 9.76. The van der Waals surface area contributed by atoms with Gasteiger partial charge in [0.25, 0.3) is 0 Å². The molecule has 1 aromatic heterocycles. The summed E-state index contributed by atoms with van der Waals surface area (Å²) in [6, 6.07) is 58.0. The predicted octanol–water partition coefficient (Wildman–Crippen LogP) is 12.2. The van der Waals surface area contributed by atoms with E-state index < -0.39 is 5.41 Å². The van der Waals surface area contributed by atoms with Crippen molar-refractivity contribution in [3.63, 3.8) is 0 Å². The molecule has 0 aliphatic heterocycles. The molecule has 50 heavy (non-hydrogen) atoms. The van der Waals surface area contributed by atoms with Crippen LogP contribution in [0.25, 0.3) is 56.2 Å². The van der Waals surface area contributed by atoms with Crippen LogP contribution in [0.1, 0.15) is 30.5 Å². The van der Waals surface area contributed by atoms with Gasteiger partial charge < -0.3 is 0 Å². The lowest BCUT2D eigenvalue weighted by atomic mass is 9.66. The Hall–Kier alpha value is -6.12. The number of rotatable bonds is 8. The van der Waals surface area contributed by atoms with Gasteiger partial charge in [0.05, 0.1) is 16.8 Å². The first-order chi connectivity index (χ1) is 24.6. The fourth-order valence-corrected chi connectivity index (χ4v) is 7.55. The fraction of sp³-hybridized carbons (Fsp3) is 0.0833. The van der Waals surface area contributed by atoms with Crippen molar-refractivity contribution in [2.75, 3.05) is 0 Å². The first-order valence-corrected chi connectivity index (χ1v) is 17.3. The molecule has 1 aliphatic carbocycles. The van der Waals surface area contributed by atoms with E-state index in [0.29, 0.717) is 11.7 Å². The molecule has 2 nitrogen and oxygen atoms in total. The summed E-state index contributed by atoms with van der Waals surface area (Å²) >= 11 is 0. The van der Waals surface area contributed by atoms with Crippen LogP contribution in [-0.2, 0) is 5.41 Å². The summed E-state index contributed by atoms with van der Waals surface area (Å²) in [4.78, 5) is 10.9. The summed E-state index contributed by atoms with van der Waals surface area (Å²) in [5.74, 6) is 1.02. The molecule has 2 heteroatoms. The minimum atomic E-state index is -0.640. The van der Waals surface area contributed by atoms with Crippen molar-refractivity contribution in [3.8, 4) is 56.2 Å². The lowest BCUT2D eigenvalue weighted by Crippen LogP contribution is -2.30. The predicted molar refractivity (Wildman–Crippen MR) is 209 cm³/mol. The van der Waals surface area contributed by atoms with Crippen LogP contribution in [-0.4, -0.2) is 9.97 Å². The second-order valence-corrected chi connectivity index (χ2v) is 13.2. The van der Waals surface area contributed by atoms with Gasteiger partial charge in [-0.05, 0) is 44.9 Å². The number of fused-ring (bicyclic) bond motifs is 3. The van der Waals surface area contributed by atoms with E-state index in [4.69, 9.17) is 9.97 Å². The highest BCUT2D eigenvalue weighted by Gasteiger charge is 2.49. The number of hydrogen-bond acceptors (Lipinski definition) is 2. The van der Waals surface area contributed by atoms with E-state index in [0.717, 1.165) is 44.8 Å². The van der Waals surface area contributed by atoms with Crippen LogP contribution in [0.5, 0.6) is 0 Å². The number of allylic oxidation sites excluding steroid dienone is 3. The Labute approximate surface area is 295 Å². The number of aromatic nitrogens is 2. The zero-order chi connectivity index (χ0) is 34.1.